The maximum atomic E-state index is 12.5. The number of amides is 2. The molecule has 0 atom stereocenters. The molecule has 0 bridgehead atoms. The molecule has 1 fully saturated rings. The fourth-order valence-electron chi connectivity index (χ4n) is 3.66. The van der Waals surface area contributed by atoms with E-state index < -0.39 is 10.0 Å². The minimum Gasteiger partial charge on any atom is -0.319 e. The number of rotatable bonds is 7. The zero-order valence-corrected chi connectivity index (χ0v) is 15.8. The van der Waals surface area contributed by atoms with Gasteiger partial charge in [-0.3, -0.25) is 14.5 Å². The zero-order valence-electron chi connectivity index (χ0n) is 15.0. The first kappa shape index (κ1) is 19.0. The van der Waals surface area contributed by atoms with E-state index in [1.54, 1.807) is 28.6 Å². The number of nitrogens with one attached hydrogen (secondary N) is 1. The predicted octanol–water partition coefficient (Wildman–Crippen LogP) is 0.934. The van der Waals surface area contributed by atoms with Gasteiger partial charge in [0.05, 0.1) is 16.9 Å². The monoisotopic (exact) mass is 379 g/mol. The van der Waals surface area contributed by atoms with Crippen molar-refractivity contribution in [3.8, 4) is 0 Å². The number of carbonyl (C=O) groups is 2. The van der Waals surface area contributed by atoms with Crippen LogP contribution in [0, 0.1) is 5.92 Å². The minimum absolute atomic E-state index is 0.0445. The van der Waals surface area contributed by atoms with E-state index in [2.05, 4.69) is 5.32 Å². The molecule has 1 aromatic rings. The number of fused-ring (bicyclic) bond motifs is 1. The Bertz CT molecular complexity index is 750. The molecule has 142 valence electrons. The van der Waals surface area contributed by atoms with Gasteiger partial charge in [0.25, 0.3) is 11.8 Å². The van der Waals surface area contributed by atoms with E-state index in [9.17, 15) is 18.0 Å². The van der Waals surface area contributed by atoms with Crippen LogP contribution in [0.2, 0.25) is 0 Å². The summed E-state index contributed by atoms with van der Waals surface area (Å²) in [6.07, 6.45) is 1.97. The first-order valence-corrected chi connectivity index (χ1v) is 10.6. The van der Waals surface area contributed by atoms with Crippen molar-refractivity contribution >= 4 is 21.8 Å². The van der Waals surface area contributed by atoms with E-state index in [0.717, 1.165) is 24.3 Å². The average molecular weight is 379 g/mol. The van der Waals surface area contributed by atoms with Gasteiger partial charge in [-0.25, -0.2) is 12.7 Å². The smallest absolute Gasteiger partial charge is 0.261 e. The molecule has 2 heterocycles. The lowest BCUT2D eigenvalue weighted by Gasteiger charge is -2.31. The summed E-state index contributed by atoms with van der Waals surface area (Å²) in [4.78, 5) is 25.8. The van der Waals surface area contributed by atoms with Crippen LogP contribution in [0.25, 0.3) is 0 Å². The van der Waals surface area contributed by atoms with Crippen LogP contribution < -0.4 is 5.32 Å². The Morgan fingerprint density at radius 3 is 2.19 bits per heavy atom. The second-order valence-electron chi connectivity index (χ2n) is 6.88. The van der Waals surface area contributed by atoms with Gasteiger partial charge in [-0.05, 0) is 50.9 Å². The maximum absolute atomic E-state index is 12.5. The highest BCUT2D eigenvalue weighted by Gasteiger charge is 2.35. The van der Waals surface area contributed by atoms with Gasteiger partial charge in [0.15, 0.2) is 0 Å². The largest absolute Gasteiger partial charge is 0.319 e. The first-order valence-electron chi connectivity index (χ1n) is 9.01. The number of benzene rings is 1. The van der Waals surface area contributed by atoms with Crippen molar-refractivity contribution in [2.75, 3.05) is 39.0 Å². The molecule has 26 heavy (non-hydrogen) atoms. The van der Waals surface area contributed by atoms with Gasteiger partial charge in [0.2, 0.25) is 10.0 Å². The Hall–Kier alpha value is -1.77. The van der Waals surface area contributed by atoms with Crippen molar-refractivity contribution < 1.29 is 18.0 Å². The van der Waals surface area contributed by atoms with Crippen LogP contribution in [0.3, 0.4) is 0 Å². The van der Waals surface area contributed by atoms with Crippen molar-refractivity contribution in [3.63, 3.8) is 0 Å². The molecule has 1 aromatic carbocycles. The molecular formula is C18H25N3O4S. The molecule has 0 unspecified atom stereocenters. The third kappa shape index (κ3) is 3.82. The van der Waals surface area contributed by atoms with Crippen LogP contribution in [0.1, 0.15) is 40.0 Å². The van der Waals surface area contributed by atoms with Crippen molar-refractivity contribution in [3.05, 3.63) is 35.4 Å². The van der Waals surface area contributed by atoms with Crippen molar-refractivity contribution in [2.24, 2.45) is 5.92 Å². The SMILES string of the molecule is CNCC1CCN(S(=O)(=O)CCCN2C(=O)c3ccccc3C2=O)CC1. The third-order valence-corrected chi connectivity index (χ3v) is 7.08. The standard InChI is InChI=1S/C18H25N3O4S/c1-19-13-14-7-10-20(11-8-14)26(24,25)12-4-9-21-17(22)15-5-2-3-6-16(15)18(21)23/h2-3,5-6,14,19H,4,7-13H2,1H3. The van der Waals surface area contributed by atoms with E-state index in [1.165, 1.54) is 0 Å². The molecule has 2 aliphatic heterocycles. The van der Waals surface area contributed by atoms with Gasteiger partial charge >= 0.3 is 0 Å². The van der Waals surface area contributed by atoms with Gasteiger partial charge < -0.3 is 5.32 Å². The number of hydrogen-bond acceptors (Lipinski definition) is 5. The van der Waals surface area contributed by atoms with E-state index in [4.69, 9.17) is 0 Å². The van der Waals surface area contributed by atoms with Crippen LogP contribution >= 0.6 is 0 Å². The van der Waals surface area contributed by atoms with Crippen LogP contribution in [-0.4, -0.2) is 68.4 Å². The fraction of sp³-hybridized carbons (Fsp3) is 0.556. The number of imide groups is 1. The fourth-order valence-corrected chi connectivity index (χ4v) is 5.18. The summed E-state index contributed by atoms with van der Waals surface area (Å²) >= 11 is 0. The first-order chi connectivity index (χ1) is 12.4. The second-order valence-corrected chi connectivity index (χ2v) is 8.97. The quantitative estimate of drug-likeness (QED) is 0.713. The van der Waals surface area contributed by atoms with Gasteiger partial charge in [-0.1, -0.05) is 12.1 Å². The molecule has 1 saturated heterocycles. The van der Waals surface area contributed by atoms with E-state index in [-0.39, 0.29) is 30.5 Å². The number of sulfonamides is 1. The molecule has 0 radical (unpaired) electrons. The third-order valence-electron chi connectivity index (χ3n) is 5.12. The van der Waals surface area contributed by atoms with E-state index >= 15 is 0 Å². The molecule has 8 heteroatoms. The van der Waals surface area contributed by atoms with Gasteiger partial charge in [0.1, 0.15) is 0 Å². The maximum Gasteiger partial charge on any atom is 0.261 e. The predicted molar refractivity (Wildman–Crippen MR) is 98.4 cm³/mol. The molecule has 0 spiro atoms. The molecule has 0 saturated carbocycles. The number of nitrogens with zero attached hydrogens (tertiary/aromatic N) is 2. The van der Waals surface area contributed by atoms with Gasteiger partial charge in [-0.2, -0.15) is 0 Å². The minimum atomic E-state index is -3.35. The van der Waals surface area contributed by atoms with E-state index in [1.807, 2.05) is 7.05 Å². The molecule has 2 amide bonds. The Balaban J connectivity index is 1.52. The molecule has 0 aliphatic carbocycles. The lowest BCUT2D eigenvalue weighted by Crippen LogP contribution is -2.42. The normalized spacial score (nSPS) is 19.2. The highest BCUT2D eigenvalue weighted by Crippen LogP contribution is 2.23. The van der Waals surface area contributed by atoms with Crippen LogP contribution in [0.5, 0.6) is 0 Å². The second kappa shape index (κ2) is 7.85. The summed E-state index contributed by atoms with van der Waals surface area (Å²) in [7, 11) is -1.45. The van der Waals surface area contributed by atoms with Crippen molar-refractivity contribution in [1.82, 2.24) is 14.5 Å². The molecule has 7 nitrogen and oxygen atoms in total. The Kier molecular flexibility index (Phi) is 5.74. The summed E-state index contributed by atoms with van der Waals surface area (Å²) in [5.74, 6) is -0.201. The van der Waals surface area contributed by atoms with Crippen LogP contribution in [0.4, 0.5) is 0 Å². The van der Waals surface area contributed by atoms with Crippen LogP contribution in [0.15, 0.2) is 24.3 Å². The molecular weight excluding hydrogens is 354 g/mol. The Morgan fingerprint density at radius 2 is 1.65 bits per heavy atom. The van der Waals surface area contributed by atoms with Gasteiger partial charge in [0, 0.05) is 19.6 Å². The number of piperidine rings is 1. The Morgan fingerprint density at radius 1 is 1.08 bits per heavy atom. The average Bonchev–Trinajstić information content (AvgIpc) is 2.88. The Labute approximate surface area is 154 Å². The van der Waals surface area contributed by atoms with E-state index in [0.29, 0.717) is 30.1 Å². The molecule has 3 rings (SSSR count). The number of hydrogen-bond donors (Lipinski definition) is 1. The zero-order chi connectivity index (χ0) is 18.7. The summed E-state index contributed by atoms with van der Waals surface area (Å²) < 4.78 is 26.6. The summed E-state index contributed by atoms with van der Waals surface area (Å²) in [6.45, 7) is 2.12. The lowest BCUT2D eigenvalue weighted by atomic mass is 9.98. The summed E-state index contributed by atoms with van der Waals surface area (Å²) in [6, 6.07) is 6.69. The molecule has 0 aromatic heterocycles. The highest BCUT2D eigenvalue weighted by atomic mass is 32.2. The highest BCUT2D eigenvalue weighted by molar-refractivity contribution is 7.89. The van der Waals surface area contributed by atoms with Crippen LogP contribution in [-0.2, 0) is 10.0 Å². The molecule has 2 aliphatic rings. The van der Waals surface area contributed by atoms with Gasteiger partial charge in [-0.15, -0.1) is 0 Å². The summed E-state index contributed by atoms with van der Waals surface area (Å²) in [5.41, 5.74) is 0.791. The number of carbonyl (C=O) groups excluding carboxylic acids is 2. The van der Waals surface area contributed by atoms with Crippen molar-refractivity contribution in [1.29, 1.82) is 0 Å². The molecule has 1 N–H and O–H groups in total. The topological polar surface area (TPSA) is 86.8 Å². The van der Waals surface area contributed by atoms with Crippen molar-refractivity contribution in [2.45, 2.75) is 19.3 Å². The summed E-state index contributed by atoms with van der Waals surface area (Å²) in [5, 5.41) is 3.14. The lowest BCUT2D eigenvalue weighted by molar-refractivity contribution is 0.0654.